The average molecular weight is 447 g/mol. The smallest absolute Gasteiger partial charge is 0.273 e. The van der Waals surface area contributed by atoms with Gasteiger partial charge >= 0.3 is 6.03 Å². The van der Waals surface area contributed by atoms with Crippen molar-refractivity contribution >= 4 is 40.9 Å². The van der Waals surface area contributed by atoms with Gasteiger partial charge < -0.3 is 0 Å². The van der Waals surface area contributed by atoms with Crippen LogP contribution in [0.15, 0.2) is 41.3 Å². The van der Waals surface area contributed by atoms with Crippen molar-refractivity contribution in [1.29, 1.82) is 0 Å². The Kier molecular flexibility index (Phi) is 4.44. The fourth-order valence-electron chi connectivity index (χ4n) is 6.98. The molecule has 5 nitrogen and oxygen atoms in total. The van der Waals surface area contributed by atoms with E-state index in [9.17, 15) is 14.4 Å². The van der Waals surface area contributed by atoms with E-state index >= 15 is 0 Å². The summed E-state index contributed by atoms with van der Waals surface area (Å²) < 4.78 is 0. The van der Waals surface area contributed by atoms with E-state index in [2.05, 4.69) is 17.4 Å². The second-order valence-electron chi connectivity index (χ2n) is 10.2. The van der Waals surface area contributed by atoms with Crippen LogP contribution in [0.5, 0.6) is 0 Å². The summed E-state index contributed by atoms with van der Waals surface area (Å²) in [5.74, 6) is 1.35. The topological polar surface area (TPSA) is 66.5 Å². The Morgan fingerprint density at radius 2 is 1.59 bits per heavy atom. The predicted octanol–water partition coefficient (Wildman–Crippen LogP) is 5.19. The fourth-order valence-corrected chi connectivity index (χ4v) is 7.84. The number of hydrogen-bond acceptors (Lipinski definition) is 4. The zero-order chi connectivity index (χ0) is 22.0. The van der Waals surface area contributed by atoms with E-state index in [1.807, 2.05) is 30.5 Å². The summed E-state index contributed by atoms with van der Waals surface area (Å²) >= 11 is 1.46. The maximum atomic E-state index is 13.2. The van der Waals surface area contributed by atoms with E-state index < -0.39 is 17.8 Å². The average Bonchev–Trinajstić information content (AvgIpc) is 3.15. The van der Waals surface area contributed by atoms with Gasteiger partial charge in [0.2, 0.25) is 0 Å². The van der Waals surface area contributed by atoms with Crippen LogP contribution in [0.25, 0.3) is 6.08 Å². The van der Waals surface area contributed by atoms with E-state index in [0.717, 1.165) is 33.1 Å². The summed E-state index contributed by atoms with van der Waals surface area (Å²) in [4.78, 5) is 40.1. The Bertz CT molecular complexity index is 1120. The summed E-state index contributed by atoms with van der Waals surface area (Å²) in [7, 11) is 0. The Morgan fingerprint density at radius 3 is 2.16 bits per heavy atom. The lowest BCUT2D eigenvalue weighted by Gasteiger charge is -2.57. The van der Waals surface area contributed by atoms with E-state index in [0.29, 0.717) is 5.69 Å². The van der Waals surface area contributed by atoms with Gasteiger partial charge in [-0.05, 0) is 109 Å². The molecule has 0 atom stereocenters. The molecule has 4 bridgehead atoms. The molecule has 4 saturated carbocycles. The van der Waals surface area contributed by atoms with Crippen molar-refractivity contribution in [1.82, 2.24) is 5.32 Å². The van der Waals surface area contributed by atoms with Crippen molar-refractivity contribution in [2.75, 3.05) is 4.90 Å². The number of imide groups is 2. The molecular formula is C26H26N2O3S. The van der Waals surface area contributed by atoms with Gasteiger partial charge in [0.05, 0.1) is 5.69 Å². The Morgan fingerprint density at radius 1 is 0.969 bits per heavy atom. The highest BCUT2D eigenvalue weighted by Crippen LogP contribution is 2.60. The number of nitrogens with zero attached hydrogens (tertiary/aromatic N) is 1. The quantitative estimate of drug-likeness (QED) is 0.521. The van der Waals surface area contributed by atoms with Crippen LogP contribution in [0.1, 0.15) is 54.5 Å². The standard InChI is InChI=1S/C26H26N2O3S/c1-15-6-7-32-22(15)11-21-23(29)27-25(31)28(24(21)30)20-4-2-19(3-5-20)26-12-16-8-17(13-26)10-18(9-16)14-26/h2-7,11,16-18H,8-10,12-14H2,1H3,(H,27,29,31)/b21-11+. The van der Waals surface area contributed by atoms with E-state index in [1.54, 1.807) is 6.08 Å². The first-order chi connectivity index (χ1) is 15.4. The molecule has 4 amide bonds. The number of nitrogens with one attached hydrogen (secondary N) is 1. The fraction of sp³-hybridized carbons (Fsp3) is 0.423. The van der Waals surface area contributed by atoms with Gasteiger partial charge in [-0.3, -0.25) is 14.9 Å². The van der Waals surface area contributed by atoms with Gasteiger partial charge in [0.25, 0.3) is 11.8 Å². The minimum atomic E-state index is -0.692. The Balaban J connectivity index is 1.30. The number of amides is 4. The van der Waals surface area contributed by atoms with Crippen molar-refractivity contribution in [3.8, 4) is 0 Å². The zero-order valence-corrected chi connectivity index (χ0v) is 18.9. The van der Waals surface area contributed by atoms with Gasteiger partial charge in [0, 0.05) is 4.88 Å². The molecule has 164 valence electrons. The lowest BCUT2D eigenvalue weighted by atomic mass is 9.48. The third-order valence-electron chi connectivity index (χ3n) is 8.05. The monoisotopic (exact) mass is 446 g/mol. The molecular weight excluding hydrogens is 420 g/mol. The number of carbonyl (C=O) groups excluding carboxylic acids is 3. The number of anilines is 1. The first kappa shape index (κ1) is 19.9. The molecule has 1 aromatic heterocycles. The van der Waals surface area contributed by atoms with Crippen LogP contribution >= 0.6 is 11.3 Å². The number of hydrogen-bond donors (Lipinski definition) is 1. The van der Waals surface area contributed by atoms with Gasteiger partial charge in [0.15, 0.2) is 0 Å². The van der Waals surface area contributed by atoms with E-state index in [4.69, 9.17) is 0 Å². The van der Waals surface area contributed by atoms with Gasteiger partial charge in [-0.1, -0.05) is 12.1 Å². The normalized spacial score (nSPS) is 32.7. The summed E-state index contributed by atoms with van der Waals surface area (Å²) in [6.45, 7) is 1.93. The minimum absolute atomic E-state index is 0.0136. The molecule has 6 heteroatoms. The largest absolute Gasteiger partial charge is 0.335 e. The van der Waals surface area contributed by atoms with Crippen molar-refractivity contribution in [3.05, 3.63) is 57.3 Å². The molecule has 7 rings (SSSR count). The van der Waals surface area contributed by atoms with E-state index in [1.165, 1.54) is 55.4 Å². The van der Waals surface area contributed by atoms with Crippen molar-refractivity contribution < 1.29 is 14.4 Å². The molecule has 5 aliphatic rings. The Labute approximate surface area is 191 Å². The van der Waals surface area contributed by atoms with Gasteiger partial charge in [-0.15, -0.1) is 11.3 Å². The van der Waals surface area contributed by atoms with Crippen LogP contribution in [0.2, 0.25) is 0 Å². The first-order valence-corrected chi connectivity index (χ1v) is 12.4. The molecule has 2 heterocycles. The van der Waals surface area contributed by atoms with Crippen molar-refractivity contribution in [2.45, 2.75) is 50.9 Å². The van der Waals surface area contributed by atoms with Crippen LogP contribution in [-0.2, 0) is 15.0 Å². The number of urea groups is 1. The van der Waals surface area contributed by atoms with Crippen LogP contribution in [0, 0.1) is 24.7 Å². The molecule has 0 spiro atoms. The van der Waals surface area contributed by atoms with Crippen LogP contribution < -0.4 is 10.2 Å². The van der Waals surface area contributed by atoms with Crippen LogP contribution in [-0.4, -0.2) is 17.8 Å². The Hall–Kier alpha value is -2.73. The molecule has 0 radical (unpaired) electrons. The third-order valence-corrected chi connectivity index (χ3v) is 9.02. The molecule has 1 aromatic carbocycles. The lowest BCUT2D eigenvalue weighted by Crippen LogP contribution is -2.54. The number of rotatable bonds is 3. The van der Waals surface area contributed by atoms with Crippen LogP contribution in [0.4, 0.5) is 10.5 Å². The van der Waals surface area contributed by atoms with Crippen LogP contribution in [0.3, 0.4) is 0 Å². The number of barbiturate groups is 1. The first-order valence-electron chi connectivity index (χ1n) is 11.5. The van der Waals surface area contributed by atoms with Crippen molar-refractivity contribution in [2.24, 2.45) is 17.8 Å². The lowest BCUT2D eigenvalue weighted by molar-refractivity contribution is -0.122. The van der Waals surface area contributed by atoms with Gasteiger partial charge in [0.1, 0.15) is 5.57 Å². The minimum Gasteiger partial charge on any atom is -0.273 e. The summed E-state index contributed by atoms with van der Waals surface area (Å²) in [6.07, 6.45) is 9.57. The number of thiophene rings is 1. The second-order valence-corrected chi connectivity index (χ2v) is 11.1. The maximum absolute atomic E-state index is 13.2. The molecule has 2 aromatic rings. The van der Waals surface area contributed by atoms with E-state index in [-0.39, 0.29) is 11.0 Å². The summed E-state index contributed by atoms with van der Waals surface area (Å²) in [6, 6.07) is 9.19. The molecule has 5 fully saturated rings. The molecule has 1 N–H and O–H groups in total. The molecule has 1 saturated heterocycles. The molecule has 4 aliphatic carbocycles. The highest BCUT2D eigenvalue weighted by Gasteiger charge is 2.51. The number of benzene rings is 1. The highest BCUT2D eigenvalue weighted by atomic mass is 32.1. The molecule has 32 heavy (non-hydrogen) atoms. The van der Waals surface area contributed by atoms with Gasteiger partial charge in [-0.2, -0.15) is 0 Å². The molecule has 1 aliphatic heterocycles. The predicted molar refractivity (Wildman–Crippen MR) is 124 cm³/mol. The zero-order valence-electron chi connectivity index (χ0n) is 18.1. The summed E-state index contributed by atoms with van der Waals surface area (Å²) in [5.41, 5.74) is 3.08. The van der Waals surface area contributed by atoms with Gasteiger partial charge in [-0.25, -0.2) is 9.69 Å². The maximum Gasteiger partial charge on any atom is 0.335 e. The number of aryl methyl sites for hydroxylation is 1. The molecule has 0 unspecified atom stereocenters. The summed E-state index contributed by atoms with van der Waals surface area (Å²) in [5, 5.41) is 4.24. The SMILES string of the molecule is Cc1ccsc1/C=C1\C(=O)NC(=O)N(c2ccc(C34CC5CC(CC(C5)C3)C4)cc2)C1=O. The second kappa shape index (κ2) is 7.14. The number of carbonyl (C=O) groups is 3. The van der Waals surface area contributed by atoms with Crippen molar-refractivity contribution in [3.63, 3.8) is 0 Å². The third kappa shape index (κ3) is 3.07. The highest BCUT2D eigenvalue weighted by molar-refractivity contribution is 7.11.